The summed E-state index contributed by atoms with van der Waals surface area (Å²) in [7, 11) is 0. The fourth-order valence-electron chi connectivity index (χ4n) is 0.900. The van der Waals surface area contributed by atoms with E-state index in [0.29, 0.717) is 6.08 Å². The summed E-state index contributed by atoms with van der Waals surface area (Å²) in [6, 6.07) is 0. The molecule has 0 aliphatic carbocycles. The summed E-state index contributed by atoms with van der Waals surface area (Å²) in [5.74, 6) is -5.53. The highest BCUT2D eigenvalue weighted by atomic mass is 16.5. The molecule has 0 aromatic carbocycles. The molecule has 0 aromatic rings. The number of carbonyl (C=O) groups excluding carboxylic acids is 4. The molecular weight excluding hydrogens is 244 g/mol. The van der Waals surface area contributed by atoms with Crippen LogP contribution in [0.5, 0.6) is 0 Å². The Morgan fingerprint density at radius 3 is 2.00 bits per heavy atom. The molecule has 0 aliphatic heterocycles. The maximum Gasteiger partial charge on any atom is 0.375 e. The smallest absolute Gasteiger partial charge is 0.375 e. The molecule has 0 aliphatic rings. The van der Waals surface area contributed by atoms with Gasteiger partial charge in [-0.2, -0.15) is 0 Å². The summed E-state index contributed by atoms with van der Waals surface area (Å²) in [5, 5.41) is 11.0. The molecule has 7 heteroatoms. The number of ether oxygens (including phenoxy) is 2. The average Bonchev–Trinajstić information content (AvgIpc) is 2.29. The van der Waals surface area contributed by atoms with Crippen molar-refractivity contribution in [2.75, 3.05) is 13.2 Å². The molecule has 0 unspecified atom stereocenters. The monoisotopic (exact) mass is 257 g/mol. The van der Waals surface area contributed by atoms with E-state index in [1.807, 2.05) is 0 Å². The minimum atomic E-state index is -1.19. The van der Waals surface area contributed by atoms with Gasteiger partial charge < -0.3 is 14.6 Å². The van der Waals surface area contributed by atoms with Crippen molar-refractivity contribution >= 4 is 23.5 Å². The molecular formula is C11H13O7-. The van der Waals surface area contributed by atoms with Crippen LogP contribution in [0.15, 0.2) is 11.8 Å². The van der Waals surface area contributed by atoms with Crippen molar-refractivity contribution in [2.45, 2.75) is 20.3 Å². The van der Waals surface area contributed by atoms with E-state index in [1.54, 1.807) is 0 Å². The SMILES string of the molecule is CCOC(=O)C(=O)CC(=O)/C=C(\[O-])C(=O)OCC. The number of rotatable bonds is 7. The van der Waals surface area contributed by atoms with Gasteiger partial charge in [-0.15, -0.1) is 0 Å². The molecule has 0 saturated heterocycles. The Morgan fingerprint density at radius 2 is 1.50 bits per heavy atom. The second-order valence-corrected chi connectivity index (χ2v) is 3.02. The predicted molar refractivity (Wildman–Crippen MR) is 56.0 cm³/mol. The first-order valence-corrected chi connectivity index (χ1v) is 5.20. The van der Waals surface area contributed by atoms with Gasteiger partial charge in [-0.1, -0.05) is 0 Å². The minimum absolute atomic E-state index is 0.00420. The molecule has 0 saturated carbocycles. The summed E-state index contributed by atoms with van der Waals surface area (Å²) in [6.45, 7) is 3.00. The van der Waals surface area contributed by atoms with E-state index in [2.05, 4.69) is 9.47 Å². The first kappa shape index (κ1) is 15.8. The van der Waals surface area contributed by atoms with Gasteiger partial charge >= 0.3 is 11.9 Å². The highest BCUT2D eigenvalue weighted by Gasteiger charge is 2.17. The van der Waals surface area contributed by atoms with Crippen molar-refractivity contribution in [3.8, 4) is 0 Å². The minimum Gasteiger partial charge on any atom is -0.868 e. The topological polar surface area (TPSA) is 110 Å². The van der Waals surface area contributed by atoms with Crippen LogP contribution in [-0.2, 0) is 28.7 Å². The Labute approximate surface area is 103 Å². The van der Waals surface area contributed by atoms with E-state index in [9.17, 15) is 24.3 Å². The number of Topliss-reactive ketones (excluding diaryl/α,β-unsaturated/α-hetero) is 1. The van der Waals surface area contributed by atoms with Crippen LogP contribution >= 0.6 is 0 Å². The van der Waals surface area contributed by atoms with E-state index in [1.165, 1.54) is 13.8 Å². The van der Waals surface area contributed by atoms with Crippen molar-refractivity contribution in [1.29, 1.82) is 0 Å². The summed E-state index contributed by atoms with van der Waals surface area (Å²) in [4.78, 5) is 44.0. The fourth-order valence-corrected chi connectivity index (χ4v) is 0.900. The second-order valence-electron chi connectivity index (χ2n) is 3.02. The van der Waals surface area contributed by atoms with Gasteiger partial charge in [-0.25, -0.2) is 9.59 Å². The van der Waals surface area contributed by atoms with Gasteiger partial charge in [0.15, 0.2) is 5.78 Å². The van der Waals surface area contributed by atoms with Gasteiger partial charge in [0.05, 0.1) is 19.6 Å². The van der Waals surface area contributed by atoms with Gasteiger partial charge in [0.1, 0.15) is 0 Å². The normalized spacial score (nSPS) is 10.7. The number of carbonyl (C=O) groups is 4. The third-order valence-corrected chi connectivity index (χ3v) is 1.61. The molecule has 0 rings (SSSR count). The van der Waals surface area contributed by atoms with Crippen LogP contribution in [-0.4, -0.2) is 36.7 Å². The van der Waals surface area contributed by atoms with Crippen LogP contribution in [0.2, 0.25) is 0 Å². The molecule has 0 spiro atoms. The average molecular weight is 257 g/mol. The Morgan fingerprint density at radius 1 is 1.00 bits per heavy atom. The highest BCUT2D eigenvalue weighted by Crippen LogP contribution is 1.96. The number of ketones is 2. The summed E-state index contributed by atoms with van der Waals surface area (Å²) in [6.07, 6.45) is -0.390. The Kier molecular flexibility index (Phi) is 7.02. The zero-order valence-corrected chi connectivity index (χ0v) is 10.1. The van der Waals surface area contributed by atoms with Crippen LogP contribution in [0.4, 0.5) is 0 Å². The molecule has 0 fully saturated rings. The van der Waals surface area contributed by atoms with Crippen molar-refractivity contribution in [3.05, 3.63) is 11.8 Å². The number of esters is 2. The van der Waals surface area contributed by atoms with Gasteiger partial charge in [0.2, 0.25) is 5.78 Å². The van der Waals surface area contributed by atoms with E-state index < -0.39 is 35.7 Å². The molecule has 7 nitrogen and oxygen atoms in total. The van der Waals surface area contributed by atoms with Crippen LogP contribution < -0.4 is 5.11 Å². The van der Waals surface area contributed by atoms with Crippen molar-refractivity contribution in [1.82, 2.24) is 0 Å². The quantitative estimate of drug-likeness (QED) is 0.187. The molecule has 0 atom stereocenters. The molecule has 0 heterocycles. The lowest BCUT2D eigenvalue weighted by Gasteiger charge is -2.09. The van der Waals surface area contributed by atoms with E-state index in [-0.39, 0.29) is 13.2 Å². The molecule has 0 aromatic heterocycles. The van der Waals surface area contributed by atoms with Crippen LogP contribution in [0, 0.1) is 0 Å². The lowest BCUT2D eigenvalue weighted by molar-refractivity contribution is -0.303. The van der Waals surface area contributed by atoms with Gasteiger partial charge in [0.25, 0.3) is 0 Å². The standard InChI is InChI=1S/C11H14O7/c1-3-17-10(15)8(13)5-7(12)6-9(14)11(16)18-4-2/h5,13H,3-4,6H2,1-2H3/p-1/b8-5-. The molecule has 100 valence electrons. The largest absolute Gasteiger partial charge is 0.868 e. The van der Waals surface area contributed by atoms with Crippen LogP contribution in [0.25, 0.3) is 0 Å². The predicted octanol–water partition coefficient (Wildman–Crippen LogP) is -1.11. The lowest BCUT2D eigenvalue weighted by atomic mass is 10.2. The van der Waals surface area contributed by atoms with E-state index in [0.717, 1.165) is 0 Å². The Balaban J connectivity index is 4.42. The summed E-state index contributed by atoms with van der Waals surface area (Å²) < 4.78 is 8.71. The lowest BCUT2D eigenvalue weighted by Crippen LogP contribution is -2.23. The second kappa shape index (κ2) is 7.99. The number of allylic oxidation sites excluding steroid dienone is 1. The third kappa shape index (κ3) is 5.78. The van der Waals surface area contributed by atoms with Crippen molar-refractivity contribution in [3.63, 3.8) is 0 Å². The van der Waals surface area contributed by atoms with Crippen molar-refractivity contribution in [2.24, 2.45) is 0 Å². The van der Waals surface area contributed by atoms with Crippen LogP contribution in [0.3, 0.4) is 0 Å². The number of hydrogen-bond donors (Lipinski definition) is 0. The van der Waals surface area contributed by atoms with Gasteiger partial charge in [0, 0.05) is 0 Å². The molecule has 0 bridgehead atoms. The summed E-state index contributed by atoms with van der Waals surface area (Å²) in [5.41, 5.74) is 0. The Bertz CT molecular complexity index is 381. The Hall–Kier alpha value is -2.18. The zero-order valence-electron chi connectivity index (χ0n) is 10.1. The van der Waals surface area contributed by atoms with Gasteiger partial charge in [-0.05, 0) is 25.7 Å². The zero-order chi connectivity index (χ0) is 14.1. The first-order chi connectivity index (χ1) is 8.42. The molecule has 0 N–H and O–H groups in total. The molecule has 18 heavy (non-hydrogen) atoms. The van der Waals surface area contributed by atoms with E-state index in [4.69, 9.17) is 0 Å². The first-order valence-electron chi connectivity index (χ1n) is 5.20. The third-order valence-electron chi connectivity index (χ3n) is 1.61. The molecule has 0 amide bonds. The molecule has 0 radical (unpaired) electrons. The maximum absolute atomic E-state index is 11.2. The highest BCUT2D eigenvalue weighted by molar-refractivity contribution is 6.37. The van der Waals surface area contributed by atoms with Crippen molar-refractivity contribution < 1.29 is 33.8 Å². The van der Waals surface area contributed by atoms with Gasteiger partial charge in [-0.3, -0.25) is 9.59 Å². The number of hydrogen-bond acceptors (Lipinski definition) is 7. The maximum atomic E-state index is 11.2. The fraction of sp³-hybridized carbons (Fsp3) is 0.455. The van der Waals surface area contributed by atoms with E-state index >= 15 is 0 Å². The van der Waals surface area contributed by atoms with Crippen LogP contribution in [0.1, 0.15) is 20.3 Å². The summed E-state index contributed by atoms with van der Waals surface area (Å²) >= 11 is 0.